The van der Waals surface area contributed by atoms with Crippen molar-refractivity contribution in [2.75, 3.05) is 11.5 Å². The molecule has 1 atom stereocenters. The lowest BCUT2D eigenvalue weighted by Crippen LogP contribution is -2.47. The Kier molecular flexibility index (Phi) is 5.28. The maximum absolute atomic E-state index is 12.4. The van der Waals surface area contributed by atoms with E-state index in [2.05, 4.69) is 5.32 Å². The van der Waals surface area contributed by atoms with E-state index in [1.165, 1.54) is 4.90 Å². The second kappa shape index (κ2) is 6.75. The second-order valence-electron chi connectivity index (χ2n) is 5.38. The highest BCUT2D eigenvalue weighted by atomic mass is 32.2. The summed E-state index contributed by atoms with van der Waals surface area (Å²) >= 11 is 1.97. The van der Waals surface area contributed by atoms with Crippen LogP contribution in [0.5, 0.6) is 0 Å². The van der Waals surface area contributed by atoms with Gasteiger partial charge in [0, 0.05) is 12.1 Å². The molecule has 1 N–H and O–H groups in total. The van der Waals surface area contributed by atoms with Gasteiger partial charge in [-0.25, -0.2) is 0 Å². The first kappa shape index (κ1) is 14.9. The van der Waals surface area contributed by atoms with Crippen LogP contribution in [0.4, 0.5) is 0 Å². The zero-order valence-electron chi connectivity index (χ0n) is 11.9. The monoisotopic (exact) mass is 284 g/mol. The highest BCUT2D eigenvalue weighted by Gasteiger charge is 2.41. The number of amides is 2. The summed E-state index contributed by atoms with van der Waals surface area (Å²) in [6.07, 6.45) is 4.25. The predicted molar refractivity (Wildman–Crippen MR) is 78.1 cm³/mol. The van der Waals surface area contributed by atoms with Crippen LogP contribution in [0, 0.1) is 0 Å². The molecular weight excluding hydrogens is 260 g/mol. The van der Waals surface area contributed by atoms with Gasteiger partial charge in [-0.05, 0) is 37.2 Å². The zero-order valence-corrected chi connectivity index (χ0v) is 12.7. The van der Waals surface area contributed by atoms with Crippen molar-refractivity contribution in [2.24, 2.45) is 0 Å². The third-order valence-electron chi connectivity index (χ3n) is 4.15. The third-order valence-corrected chi connectivity index (χ3v) is 5.20. The van der Waals surface area contributed by atoms with E-state index in [-0.39, 0.29) is 23.9 Å². The van der Waals surface area contributed by atoms with Crippen LogP contribution >= 0.6 is 11.8 Å². The number of carbonyl (C=O) groups is 2. The summed E-state index contributed by atoms with van der Waals surface area (Å²) in [6.45, 7) is 4.07. The van der Waals surface area contributed by atoms with E-state index >= 15 is 0 Å². The van der Waals surface area contributed by atoms with Gasteiger partial charge in [-0.15, -0.1) is 0 Å². The molecule has 0 spiro atoms. The van der Waals surface area contributed by atoms with E-state index < -0.39 is 0 Å². The number of thioether (sulfide) groups is 1. The van der Waals surface area contributed by atoms with Crippen LogP contribution in [0.1, 0.15) is 46.0 Å². The van der Waals surface area contributed by atoms with Gasteiger partial charge in [0.2, 0.25) is 11.8 Å². The maximum atomic E-state index is 12.4. The molecule has 0 bridgehead atoms. The van der Waals surface area contributed by atoms with Gasteiger partial charge in [0.15, 0.2) is 0 Å². The van der Waals surface area contributed by atoms with Gasteiger partial charge in [-0.2, -0.15) is 11.8 Å². The van der Waals surface area contributed by atoms with Gasteiger partial charge in [-0.1, -0.05) is 13.8 Å². The molecule has 2 heterocycles. The molecule has 2 rings (SSSR count). The molecule has 1 unspecified atom stereocenters. The highest BCUT2D eigenvalue weighted by molar-refractivity contribution is 7.99. The van der Waals surface area contributed by atoms with Crippen LogP contribution in [0.25, 0.3) is 0 Å². The SMILES string of the molecule is CCC(CC)N1C(=O)CC(NC2CCSCC2)C1=O. The molecule has 0 radical (unpaired) electrons. The van der Waals surface area contributed by atoms with Crippen LogP contribution in [0.2, 0.25) is 0 Å². The Labute approximate surface area is 119 Å². The molecule has 2 fully saturated rings. The van der Waals surface area contributed by atoms with Crippen molar-refractivity contribution >= 4 is 23.6 Å². The van der Waals surface area contributed by atoms with Gasteiger partial charge in [0.05, 0.1) is 12.5 Å². The molecule has 2 aliphatic rings. The Hall–Kier alpha value is -0.550. The Balaban J connectivity index is 1.96. The predicted octanol–water partition coefficient (Wildman–Crippen LogP) is 1.79. The number of rotatable bonds is 5. The van der Waals surface area contributed by atoms with Crippen LogP contribution < -0.4 is 5.32 Å². The van der Waals surface area contributed by atoms with Gasteiger partial charge in [0.25, 0.3) is 0 Å². The largest absolute Gasteiger partial charge is 0.303 e. The lowest BCUT2D eigenvalue weighted by Gasteiger charge is -2.27. The average molecular weight is 284 g/mol. The van der Waals surface area contributed by atoms with Crippen molar-refractivity contribution in [1.29, 1.82) is 0 Å². The fraction of sp³-hybridized carbons (Fsp3) is 0.857. The van der Waals surface area contributed by atoms with Gasteiger partial charge in [-0.3, -0.25) is 14.5 Å². The van der Waals surface area contributed by atoms with Crippen LogP contribution in [-0.2, 0) is 9.59 Å². The average Bonchev–Trinajstić information content (AvgIpc) is 2.69. The molecule has 19 heavy (non-hydrogen) atoms. The van der Waals surface area contributed by atoms with E-state index in [1.54, 1.807) is 0 Å². The minimum atomic E-state index is -0.277. The van der Waals surface area contributed by atoms with Crippen LogP contribution in [-0.4, -0.2) is 46.3 Å². The van der Waals surface area contributed by atoms with E-state index in [1.807, 2.05) is 25.6 Å². The Morgan fingerprint density at radius 2 is 1.89 bits per heavy atom. The van der Waals surface area contributed by atoms with Crippen molar-refractivity contribution < 1.29 is 9.59 Å². The van der Waals surface area contributed by atoms with Gasteiger partial charge in [0.1, 0.15) is 0 Å². The molecule has 108 valence electrons. The zero-order chi connectivity index (χ0) is 13.8. The molecule has 0 saturated carbocycles. The van der Waals surface area contributed by atoms with E-state index in [4.69, 9.17) is 0 Å². The number of carbonyl (C=O) groups excluding carboxylic acids is 2. The fourth-order valence-corrected chi connectivity index (χ4v) is 4.07. The molecule has 0 aromatic carbocycles. The number of likely N-dealkylation sites (tertiary alicyclic amines) is 1. The first-order chi connectivity index (χ1) is 9.17. The normalized spacial score (nSPS) is 25.6. The van der Waals surface area contributed by atoms with Crippen molar-refractivity contribution in [2.45, 2.75) is 64.1 Å². The molecule has 0 aliphatic carbocycles. The topological polar surface area (TPSA) is 49.4 Å². The first-order valence-corrected chi connectivity index (χ1v) is 8.52. The number of nitrogens with one attached hydrogen (secondary N) is 1. The van der Waals surface area contributed by atoms with Crippen LogP contribution in [0.3, 0.4) is 0 Å². The van der Waals surface area contributed by atoms with E-state index in [0.717, 1.165) is 37.2 Å². The quantitative estimate of drug-likeness (QED) is 0.782. The minimum Gasteiger partial charge on any atom is -0.303 e. The summed E-state index contributed by atoms with van der Waals surface area (Å²) in [5.74, 6) is 2.31. The minimum absolute atomic E-state index is 0.00128. The van der Waals surface area contributed by atoms with Gasteiger partial charge >= 0.3 is 0 Å². The van der Waals surface area contributed by atoms with E-state index in [9.17, 15) is 9.59 Å². The molecular formula is C14H24N2O2S. The van der Waals surface area contributed by atoms with Crippen molar-refractivity contribution in [1.82, 2.24) is 10.2 Å². The fourth-order valence-electron chi connectivity index (χ4n) is 2.97. The van der Waals surface area contributed by atoms with E-state index in [0.29, 0.717) is 12.5 Å². The summed E-state index contributed by atoms with van der Waals surface area (Å²) in [5, 5.41) is 3.41. The Bertz CT molecular complexity index is 338. The molecule has 2 amide bonds. The molecule has 0 aromatic rings. The van der Waals surface area contributed by atoms with Gasteiger partial charge < -0.3 is 5.32 Å². The highest BCUT2D eigenvalue weighted by Crippen LogP contribution is 2.23. The van der Waals surface area contributed by atoms with Crippen molar-refractivity contribution in [3.63, 3.8) is 0 Å². The summed E-state index contributed by atoms with van der Waals surface area (Å²) in [6, 6.07) is 0.208. The third kappa shape index (κ3) is 3.31. The first-order valence-electron chi connectivity index (χ1n) is 7.37. The standard InChI is InChI=1S/C14H24N2O2S/c1-3-11(4-2)16-13(17)9-12(14(16)18)15-10-5-7-19-8-6-10/h10-12,15H,3-9H2,1-2H3. The molecule has 5 heteroatoms. The lowest BCUT2D eigenvalue weighted by atomic mass is 10.1. The number of hydrogen-bond donors (Lipinski definition) is 1. The summed E-state index contributed by atoms with van der Waals surface area (Å²) in [5.41, 5.74) is 0. The maximum Gasteiger partial charge on any atom is 0.247 e. The lowest BCUT2D eigenvalue weighted by molar-refractivity contribution is -0.141. The van der Waals surface area contributed by atoms with Crippen molar-refractivity contribution in [3.8, 4) is 0 Å². The number of imide groups is 1. The van der Waals surface area contributed by atoms with Crippen LogP contribution in [0.15, 0.2) is 0 Å². The molecule has 4 nitrogen and oxygen atoms in total. The molecule has 2 saturated heterocycles. The smallest absolute Gasteiger partial charge is 0.247 e. The summed E-state index contributed by atoms with van der Waals surface area (Å²) in [7, 11) is 0. The summed E-state index contributed by atoms with van der Waals surface area (Å²) < 4.78 is 0. The molecule has 2 aliphatic heterocycles. The number of nitrogens with zero attached hydrogens (tertiary/aromatic N) is 1. The summed E-state index contributed by atoms with van der Waals surface area (Å²) in [4.78, 5) is 26.0. The number of hydrogen-bond acceptors (Lipinski definition) is 4. The van der Waals surface area contributed by atoms with Crippen molar-refractivity contribution in [3.05, 3.63) is 0 Å². The molecule has 0 aromatic heterocycles. The Morgan fingerprint density at radius 1 is 1.26 bits per heavy atom. The Morgan fingerprint density at radius 3 is 2.47 bits per heavy atom. The second-order valence-corrected chi connectivity index (χ2v) is 6.61.